The average Bonchev–Trinajstić information content (AvgIpc) is 2.80. The summed E-state index contributed by atoms with van der Waals surface area (Å²) in [6.45, 7) is 6.90. The lowest BCUT2D eigenvalue weighted by Gasteiger charge is -2.27. The minimum Gasteiger partial charge on any atom is -0.378 e. The minimum absolute atomic E-state index is 0.751. The predicted molar refractivity (Wildman–Crippen MR) is 72.7 cm³/mol. The van der Waals surface area contributed by atoms with Gasteiger partial charge in [0.15, 0.2) is 0 Å². The molecule has 0 N–H and O–H groups in total. The highest BCUT2D eigenvalue weighted by molar-refractivity contribution is 5.81. The van der Waals surface area contributed by atoms with Gasteiger partial charge in [-0.05, 0) is 12.1 Å². The zero-order valence-electron chi connectivity index (χ0n) is 10.2. The first kappa shape index (κ1) is 11.1. The van der Waals surface area contributed by atoms with Gasteiger partial charge in [-0.3, -0.25) is 4.57 Å². The third kappa shape index (κ3) is 1.82. The van der Waals surface area contributed by atoms with E-state index in [1.165, 1.54) is 0 Å². The lowest BCUT2D eigenvalue weighted by molar-refractivity contribution is 0.122. The zero-order chi connectivity index (χ0) is 12.4. The second kappa shape index (κ2) is 4.69. The smallest absolute Gasteiger partial charge is 0.211 e. The number of fused-ring (bicyclic) bond motifs is 1. The highest BCUT2D eigenvalue weighted by atomic mass is 16.5. The van der Waals surface area contributed by atoms with Crippen molar-refractivity contribution in [3.8, 4) is 0 Å². The van der Waals surface area contributed by atoms with Gasteiger partial charge in [-0.2, -0.15) is 0 Å². The van der Waals surface area contributed by atoms with E-state index in [0.29, 0.717) is 0 Å². The van der Waals surface area contributed by atoms with Crippen LogP contribution in [0.4, 0.5) is 5.95 Å². The topological polar surface area (TPSA) is 30.3 Å². The monoisotopic (exact) mass is 241 g/mol. The third-order valence-electron chi connectivity index (χ3n) is 3.09. The Bertz CT molecular complexity index is 605. The van der Waals surface area contributed by atoms with Gasteiger partial charge < -0.3 is 9.64 Å². The molecule has 0 atom stereocenters. The summed E-state index contributed by atoms with van der Waals surface area (Å²) >= 11 is 0. The fraction of sp³-hybridized carbons (Fsp3) is 0.286. The molecule has 4 nitrogen and oxygen atoms in total. The highest BCUT2D eigenvalue weighted by Gasteiger charge is 2.18. The number of aromatic nitrogens is 2. The number of anilines is 1. The Kier molecular flexibility index (Phi) is 2.89. The largest absolute Gasteiger partial charge is 0.378 e. The quantitative estimate of drug-likeness (QED) is 0.754. The van der Waals surface area contributed by atoms with Gasteiger partial charge in [0.05, 0.1) is 30.4 Å². The molecule has 2 aromatic rings. The van der Waals surface area contributed by atoms with E-state index in [4.69, 9.17) is 4.74 Å². The van der Waals surface area contributed by atoms with E-state index >= 15 is 0 Å². The van der Waals surface area contributed by atoms with Crippen LogP contribution in [0.2, 0.25) is 0 Å². The maximum Gasteiger partial charge on any atom is 0.211 e. The standard InChI is InChI=1S/C14H15N3O/c1-2-7-17-13-6-4-3-5-12(13)15-14(17)16-8-10-18-11-9-16/h3-7H,1,8-11H2. The average molecular weight is 241 g/mol. The molecule has 0 radical (unpaired) electrons. The predicted octanol–water partition coefficient (Wildman–Crippen LogP) is 2.13. The Morgan fingerprint density at radius 3 is 2.83 bits per heavy atom. The fourth-order valence-corrected chi connectivity index (χ4v) is 2.24. The maximum atomic E-state index is 5.38. The van der Waals surface area contributed by atoms with Crippen molar-refractivity contribution in [2.45, 2.75) is 0 Å². The molecule has 1 aromatic carbocycles. The van der Waals surface area contributed by atoms with E-state index in [2.05, 4.69) is 28.3 Å². The molecule has 1 aliphatic rings. The first-order chi connectivity index (χ1) is 8.90. The number of imidazole rings is 1. The molecule has 1 fully saturated rings. The van der Waals surface area contributed by atoms with Crippen molar-refractivity contribution >= 4 is 23.2 Å². The lowest BCUT2D eigenvalue weighted by atomic mass is 10.3. The number of nitrogens with zero attached hydrogens (tertiary/aromatic N) is 3. The van der Waals surface area contributed by atoms with Gasteiger partial charge >= 0.3 is 0 Å². The molecular weight excluding hydrogens is 226 g/mol. The van der Waals surface area contributed by atoms with Gasteiger partial charge in [0.2, 0.25) is 5.95 Å². The van der Waals surface area contributed by atoms with Crippen LogP contribution in [0, 0.1) is 0 Å². The summed E-state index contributed by atoms with van der Waals surface area (Å²) in [6, 6.07) is 8.09. The van der Waals surface area contributed by atoms with Crippen LogP contribution in [0.25, 0.3) is 17.2 Å². The summed E-state index contributed by atoms with van der Waals surface area (Å²) in [5, 5.41) is 0. The van der Waals surface area contributed by atoms with Crippen LogP contribution in [-0.4, -0.2) is 35.9 Å². The fourth-order valence-electron chi connectivity index (χ4n) is 2.24. The van der Waals surface area contributed by atoms with Crippen molar-refractivity contribution in [1.29, 1.82) is 0 Å². The Morgan fingerprint density at radius 2 is 2.06 bits per heavy atom. The summed E-state index contributed by atoms with van der Waals surface area (Å²) in [5.74, 6) is 0.940. The number of morpholine rings is 1. The van der Waals surface area contributed by atoms with Crippen molar-refractivity contribution < 1.29 is 4.74 Å². The van der Waals surface area contributed by atoms with Gasteiger partial charge in [-0.15, -0.1) is 5.73 Å². The summed E-state index contributed by atoms with van der Waals surface area (Å²) in [6.07, 6.45) is 1.83. The van der Waals surface area contributed by atoms with Gasteiger partial charge in [-0.1, -0.05) is 18.7 Å². The van der Waals surface area contributed by atoms with E-state index in [0.717, 1.165) is 43.3 Å². The van der Waals surface area contributed by atoms with Crippen LogP contribution < -0.4 is 4.90 Å². The number of hydrogen-bond acceptors (Lipinski definition) is 3. The van der Waals surface area contributed by atoms with Crippen molar-refractivity contribution in [1.82, 2.24) is 9.55 Å². The molecule has 3 rings (SSSR count). The Labute approximate surface area is 106 Å². The highest BCUT2D eigenvalue weighted by Crippen LogP contribution is 2.23. The molecule has 1 aliphatic heterocycles. The molecule has 1 aromatic heterocycles. The summed E-state index contributed by atoms with van der Waals surface area (Å²) in [7, 11) is 0. The normalized spacial score (nSPS) is 15.7. The van der Waals surface area contributed by atoms with Crippen LogP contribution in [0.15, 0.2) is 36.6 Å². The first-order valence-electron chi connectivity index (χ1n) is 6.06. The van der Waals surface area contributed by atoms with Gasteiger partial charge in [0, 0.05) is 13.1 Å². The molecule has 18 heavy (non-hydrogen) atoms. The van der Waals surface area contributed by atoms with E-state index < -0.39 is 0 Å². The number of rotatable bonds is 2. The summed E-state index contributed by atoms with van der Waals surface area (Å²) in [5.41, 5.74) is 4.90. The molecule has 0 aliphatic carbocycles. The SMILES string of the molecule is C=C=Cn1c(N2CCOCC2)nc2ccccc21. The van der Waals surface area contributed by atoms with Crippen molar-refractivity contribution in [2.24, 2.45) is 0 Å². The molecule has 2 heterocycles. The van der Waals surface area contributed by atoms with Gasteiger partial charge in [-0.25, -0.2) is 4.98 Å². The van der Waals surface area contributed by atoms with E-state index in [1.807, 2.05) is 29.0 Å². The second-order valence-corrected chi connectivity index (χ2v) is 4.20. The first-order valence-corrected chi connectivity index (χ1v) is 6.06. The molecular formula is C14H15N3O. The molecule has 4 heteroatoms. The van der Waals surface area contributed by atoms with Gasteiger partial charge in [0.25, 0.3) is 0 Å². The van der Waals surface area contributed by atoms with Crippen molar-refractivity contribution in [3.63, 3.8) is 0 Å². The second-order valence-electron chi connectivity index (χ2n) is 4.20. The number of para-hydroxylation sites is 2. The molecule has 0 unspecified atom stereocenters. The van der Waals surface area contributed by atoms with Crippen LogP contribution in [0.5, 0.6) is 0 Å². The van der Waals surface area contributed by atoms with Gasteiger partial charge in [0.1, 0.15) is 0 Å². The number of ether oxygens (including phenoxy) is 1. The van der Waals surface area contributed by atoms with Crippen molar-refractivity contribution in [3.05, 3.63) is 36.6 Å². The van der Waals surface area contributed by atoms with Crippen LogP contribution >= 0.6 is 0 Å². The van der Waals surface area contributed by atoms with E-state index in [9.17, 15) is 0 Å². The lowest BCUT2D eigenvalue weighted by Crippen LogP contribution is -2.37. The Balaban J connectivity index is 2.14. The van der Waals surface area contributed by atoms with E-state index in [-0.39, 0.29) is 0 Å². The molecule has 92 valence electrons. The molecule has 0 bridgehead atoms. The molecule has 0 amide bonds. The molecule has 0 spiro atoms. The number of hydrogen-bond donors (Lipinski definition) is 0. The van der Waals surface area contributed by atoms with Crippen molar-refractivity contribution in [2.75, 3.05) is 31.2 Å². The zero-order valence-corrected chi connectivity index (χ0v) is 10.2. The Hall–Kier alpha value is -2.03. The molecule has 1 saturated heterocycles. The van der Waals surface area contributed by atoms with Crippen LogP contribution in [0.3, 0.4) is 0 Å². The number of benzene rings is 1. The van der Waals surface area contributed by atoms with Crippen LogP contribution in [-0.2, 0) is 4.74 Å². The summed E-state index contributed by atoms with van der Waals surface area (Å²) < 4.78 is 7.41. The Morgan fingerprint density at radius 1 is 1.28 bits per heavy atom. The third-order valence-corrected chi connectivity index (χ3v) is 3.09. The maximum absolute atomic E-state index is 5.38. The summed E-state index contributed by atoms with van der Waals surface area (Å²) in [4.78, 5) is 6.92. The van der Waals surface area contributed by atoms with Crippen LogP contribution in [0.1, 0.15) is 0 Å². The minimum atomic E-state index is 0.751. The van der Waals surface area contributed by atoms with E-state index in [1.54, 1.807) is 0 Å². The molecule has 0 saturated carbocycles.